The number of nitrogens with one attached hydrogen (secondary N) is 1. The molecular weight excluding hydrogens is 456 g/mol. The fourth-order valence-corrected chi connectivity index (χ4v) is 5.74. The molecule has 3 saturated heterocycles. The standard InChI is InChI=1S/C27H32N6O3/c1-16-11-32(12-17(2)36-16)25-22-7-8-23(19-5-4-6-20(10-19)26(34)28-3)29-24(22)30-27(31-25)33-13-18-9-21(33)15-35-14-18/h4-8,10,16-18,21H,9,11-15H2,1-3H3,(H,28,34)/t16-,17+,18?,21?. The van der Waals surface area contributed by atoms with E-state index in [9.17, 15) is 4.79 Å². The van der Waals surface area contributed by atoms with Crippen molar-refractivity contribution in [3.63, 3.8) is 0 Å². The Kier molecular flexibility index (Phi) is 5.97. The zero-order valence-electron chi connectivity index (χ0n) is 21.0. The molecule has 6 rings (SSSR count). The van der Waals surface area contributed by atoms with Crippen LogP contribution in [0, 0.1) is 5.92 Å². The number of anilines is 2. The van der Waals surface area contributed by atoms with Gasteiger partial charge in [0, 0.05) is 43.7 Å². The van der Waals surface area contributed by atoms with Gasteiger partial charge in [-0.2, -0.15) is 9.97 Å². The highest BCUT2D eigenvalue weighted by Crippen LogP contribution is 2.35. The first-order valence-electron chi connectivity index (χ1n) is 12.7. The van der Waals surface area contributed by atoms with Crippen LogP contribution < -0.4 is 15.1 Å². The second-order valence-electron chi connectivity index (χ2n) is 10.2. The molecule has 2 bridgehead atoms. The highest BCUT2D eigenvalue weighted by molar-refractivity contribution is 5.95. The van der Waals surface area contributed by atoms with Crippen molar-refractivity contribution in [2.45, 2.75) is 38.5 Å². The van der Waals surface area contributed by atoms with E-state index in [0.717, 1.165) is 55.1 Å². The average Bonchev–Trinajstić information content (AvgIpc) is 3.19. The number of benzene rings is 1. The number of nitrogens with zero attached hydrogens (tertiary/aromatic N) is 5. The Morgan fingerprint density at radius 3 is 2.64 bits per heavy atom. The van der Waals surface area contributed by atoms with Crippen molar-refractivity contribution in [1.82, 2.24) is 20.3 Å². The lowest BCUT2D eigenvalue weighted by Gasteiger charge is -2.37. The number of morpholine rings is 1. The summed E-state index contributed by atoms with van der Waals surface area (Å²) in [5, 5.41) is 3.61. The first-order chi connectivity index (χ1) is 17.5. The van der Waals surface area contributed by atoms with E-state index in [4.69, 9.17) is 24.4 Å². The highest BCUT2D eigenvalue weighted by Gasteiger charge is 2.38. The van der Waals surface area contributed by atoms with Crippen LogP contribution in [0.5, 0.6) is 0 Å². The molecule has 3 fully saturated rings. The van der Waals surface area contributed by atoms with Crippen LogP contribution >= 0.6 is 0 Å². The number of ether oxygens (including phenoxy) is 2. The topological polar surface area (TPSA) is 92.7 Å². The first kappa shape index (κ1) is 23.1. The summed E-state index contributed by atoms with van der Waals surface area (Å²) in [6, 6.07) is 11.9. The molecule has 0 aliphatic carbocycles. The Hall–Kier alpha value is -3.30. The number of fused-ring (bicyclic) bond motifs is 3. The second-order valence-corrected chi connectivity index (χ2v) is 10.2. The Balaban J connectivity index is 1.46. The van der Waals surface area contributed by atoms with Crippen LogP contribution in [0.15, 0.2) is 36.4 Å². The number of amides is 1. The summed E-state index contributed by atoms with van der Waals surface area (Å²) in [7, 11) is 1.63. The third-order valence-electron chi connectivity index (χ3n) is 7.32. The van der Waals surface area contributed by atoms with Crippen LogP contribution in [0.2, 0.25) is 0 Å². The maximum atomic E-state index is 12.2. The van der Waals surface area contributed by atoms with Gasteiger partial charge < -0.3 is 24.6 Å². The van der Waals surface area contributed by atoms with E-state index in [2.05, 4.69) is 35.0 Å². The van der Waals surface area contributed by atoms with E-state index in [-0.39, 0.29) is 18.1 Å². The summed E-state index contributed by atoms with van der Waals surface area (Å²) in [5.41, 5.74) is 2.91. The monoisotopic (exact) mass is 488 g/mol. The number of carbonyl (C=O) groups excluding carboxylic acids is 1. The predicted octanol–water partition coefficient (Wildman–Crippen LogP) is 2.89. The quantitative estimate of drug-likeness (QED) is 0.599. The molecule has 3 aliphatic heterocycles. The summed E-state index contributed by atoms with van der Waals surface area (Å²) in [5.74, 6) is 2.01. The molecule has 9 nitrogen and oxygen atoms in total. The van der Waals surface area contributed by atoms with E-state index < -0.39 is 0 Å². The van der Waals surface area contributed by atoms with Gasteiger partial charge in [0.15, 0.2) is 5.65 Å². The minimum absolute atomic E-state index is 0.112. The number of hydrogen-bond donors (Lipinski definition) is 1. The van der Waals surface area contributed by atoms with Crippen molar-refractivity contribution in [3.05, 3.63) is 42.0 Å². The lowest BCUT2D eigenvalue weighted by Crippen LogP contribution is -2.46. The molecule has 2 aromatic heterocycles. The molecule has 1 amide bonds. The van der Waals surface area contributed by atoms with Gasteiger partial charge in [0.05, 0.1) is 42.5 Å². The molecule has 0 saturated carbocycles. The summed E-state index contributed by atoms with van der Waals surface area (Å²) >= 11 is 0. The van der Waals surface area contributed by atoms with Crippen LogP contribution in [-0.2, 0) is 9.47 Å². The van der Waals surface area contributed by atoms with Crippen LogP contribution in [0.25, 0.3) is 22.3 Å². The molecule has 1 N–H and O–H groups in total. The van der Waals surface area contributed by atoms with Gasteiger partial charge in [0.1, 0.15) is 5.82 Å². The van der Waals surface area contributed by atoms with Crippen LogP contribution in [-0.4, -0.2) is 79.0 Å². The van der Waals surface area contributed by atoms with Crippen LogP contribution in [0.4, 0.5) is 11.8 Å². The van der Waals surface area contributed by atoms with E-state index in [1.54, 1.807) is 13.1 Å². The zero-order chi connectivity index (χ0) is 24.8. The van der Waals surface area contributed by atoms with Gasteiger partial charge in [-0.15, -0.1) is 0 Å². The molecule has 0 radical (unpaired) electrons. The first-order valence-corrected chi connectivity index (χ1v) is 12.7. The summed E-state index contributed by atoms with van der Waals surface area (Å²) < 4.78 is 11.8. The highest BCUT2D eigenvalue weighted by atomic mass is 16.5. The van der Waals surface area contributed by atoms with Gasteiger partial charge in [0.2, 0.25) is 5.95 Å². The Bertz CT molecular complexity index is 1290. The number of aromatic nitrogens is 3. The molecule has 36 heavy (non-hydrogen) atoms. The van der Waals surface area contributed by atoms with Gasteiger partial charge >= 0.3 is 0 Å². The van der Waals surface area contributed by atoms with Crippen LogP contribution in [0.3, 0.4) is 0 Å². The molecule has 4 atom stereocenters. The second kappa shape index (κ2) is 9.29. The molecule has 9 heteroatoms. The maximum absolute atomic E-state index is 12.2. The smallest absolute Gasteiger partial charge is 0.251 e. The SMILES string of the molecule is CNC(=O)c1cccc(-c2ccc3c(N4C[C@@H](C)O[C@@H](C)C4)nc(N4CC5COCC4C5)nc3n2)c1. The van der Waals surface area contributed by atoms with Crippen molar-refractivity contribution < 1.29 is 14.3 Å². The molecule has 3 aromatic rings. The van der Waals surface area contributed by atoms with Crippen molar-refractivity contribution in [2.75, 3.05) is 49.7 Å². The van der Waals surface area contributed by atoms with Gasteiger partial charge in [-0.05, 0) is 44.5 Å². The Labute approximate surface area is 210 Å². The van der Waals surface area contributed by atoms with Crippen molar-refractivity contribution in [1.29, 1.82) is 0 Å². The van der Waals surface area contributed by atoms with E-state index >= 15 is 0 Å². The average molecular weight is 489 g/mol. The lowest BCUT2D eigenvalue weighted by atomic mass is 10.1. The van der Waals surface area contributed by atoms with E-state index in [1.807, 2.05) is 24.3 Å². The number of rotatable bonds is 4. The normalized spacial score (nSPS) is 25.9. The van der Waals surface area contributed by atoms with Crippen molar-refractivity contribution in [2.24, 2.45) is 5.92 Å². The van der Waals surface area contributed by atoms with Gasteiger partial charge in [-0.3, -0.25) is 4.79 Å². The van der Waals surface area contributed by atoms with Gasteiger partial charge in [-0.25, -0.2) is 4.98 Å². The maximum Gasteiger partial charge on any atom is 0.251 e. The number of carbonyl (C=O) groups is 1. The Morgan fingerprint density at radius 1 is 1.03 bits per heavy atom. The fourth-order valence-electron chi connectivity index (χ4n) is 5.74. The minimum Gasteiger partial charge on any atom is -0.379 e. The van der Waals surface area contributed by atoms with Crippen molar-refractivity contribution in [3.8, 4) is 11.3 Å². The molecule has 0 spiro atoms. The number of pyridine rings is 1. The van der Waals surface area contributed by atoms with E-state index in [1.165, 1.54) is 0 Å². The van der Waals surface area contributed by atoms with Gasteiger partial charge in [0.25, 0.3) is 5.91 Å². The third-order valence-corrected chi connectivity index (χ3v) is 7.32. The Morgan fingerprint density at radius 2 is 1.86 bits per heavy atom. The summed E-state index contributed by atoms with van der Waals surface area (Å²) in [6.07, 6.45) is 1.34. The minimum atomic E-state index is -0.123. The predicted molar refractivity (Wildman–Crippen MR) is 138 cm³/mol. The molecule has 3 aliphatic rings. The van der Waals surface area contributed by atoms with Crippen LogP contribution in [0.1, 0.15) is 30.6 Å². The molecule has 1 aromatic carbocycles. The van der Waals surface area contributed by atoms with Gasteiger partial charge in [-0.1, -0.05) is 12.1 Å². The van der Waals surface area contributed by atoms with E-state index in [0.29, 0.717) is 35.7 Å². The molecule has 2 unspecified atom stereocenters. The third kappa shape index (κ3) is 4.26. The molecular formula is C27H32N6O3. The summed E-state index contributed by atoms with van der Waals surface area (Å²) in [6.45, 7) is 8.14. The zero-order valence-corrected chi connectivity index (χ0v) is 21.0. The summed E-state index contributed by atoms with van der Waals surface area (Å²) in [4.78, 5) is 31.9. The lowest BCUT2D eigenvalue weighted by molar-refractivity contribution is -0.00537. The molecule has 188 valence electrons. The molecule has 5 heterocycles. The largest absolute Gasteiger partial charge is 0.379 e. The number of hydrogen-bond acceptors (Lipinski definition) is 8. The fraction of sp³-hybridized carbons (Fsp3) is 0.481. The van der Waals surface area contributed by atoms with Crippen molar-refractivity contribution >= 4 is 28.7 Å².